The number of hydrogen-bond donors (Lipinski definition) is 2. The molecule has 0 aliphatic carbocycles. The molecule has 0 radical (unpaired) electrons. The van der Waals surface area contributed by atoms with Gasteiger partial charge in [0.05, 0.1) is 6.54 Å². The summed E-state index contributed by atoms with van der Waals surface area (Å²) in [6, 6.07) is 0.455. The van der Waals surface area contributed by atoms with E-state index < -0.39 is 0 Å². The van der Waals surface area contributed by atoms with Gasteiger partial charge in [0.15, 0.2) is 5.96 Å². The van der Waals surface area contributed by atoms with Crippen molar-refractivity contribution in [1.82, 2.24) is 20.4 Å². The van der Waals surface area contributed by atoms with Crippen molar-refractivity contribution in [3.05, 3.63) is 0 Å². The molecule has 1 unspecified atom stereocenters. The summed E-state index contributed by atoms with van der Waals surface area (Å²) in [5.74, 6) is 0.955. The third-order valence-corrected chi connectivity index (χ3v) is 4.38. The Kier molecular flexibility index (Phi) is 20.3. The number of aliphatic imine (C=N–C) groups is 1. The minimum Gasteiger partial charge on any atom is -0.357 e. The van der Waals surface area contributed by atoms with E-state index >= 15 is 0 Å². The number of rotatable bonds is 14. The van der Waals surface area contributed by atoms with E-state index in [1.165, 1.54) is 32.2 Å². The minimum atomic E-state index is 0. The third-order valence-electron chi connectivity index (χ3n) is 4.38. The summed E-state index contributed by atoms with van der Waals surface area (Å²) in [4.78, 5) is 9.57. The van der Waals surface area contributed by atoms with E-state index in [0.717, 1.165) is 45.2 Å². The highest BCUT2D eigenvalue weighted by molar-refractivity contribution is 14.0. The molecule has 0 aliphatic heterocycles. The lowest BCUT2D eigenvalue weighted by Crippen LogP contribution is -2.43. The maximum Gasteiger partial charge on any atom is 0.191 e. The highest BCUT2D eigenvalue weighted by Crippen LogP contribution is 2.00. The number of likely N-dealkylation sites (N-methyl/N-ethyl adjacent to an activating group) is 1. The van der Waals surface area contributed by atoms with Gasteiger partial charge in [-0.3, -0.25) is 4.99 Å². The SMILES string of the molecule is CCCCN(C)CCN=C(NCC)NC(C)CCCN(CC)CC.I. The van der Waals surface area contributed by atoms with Gasteiger partial charge in [-0.25, -0.2) is 0 Å². The quantitative estimate of drug-likeness (QED) is 0.233. The molecule has 6 heteroatoms. The summed E-state index contributed by atoms with van der Waals surface area (Å²) in [5, 5.41) is 6.91. The van der Waals surface area contributed by atoms with Crippen LogP contribution in [0, 0.1) is 0 Å². The predicted molar refractivity (Wildman–Crippen MR) is 123 cm³/mol. The van der Waals surface area contributed by atoms with Gasteiger partial charge in [-0.1, -0.05) is 27.2 Å². The van der Waals surface area contributed by atoms with E-state index in [1.807, 2.05) is 0 Å². The van der Waals surface area contributed by atoms with Crippen molar-refractivity contribution in [3.8, 4) is 0 Å². The van der Waals surface area contributed by atoms with Crippen LogP contribution in [0.2, 0.25) is 0 Å². The van der Waals surface area contributed by atoms with Crippen LogP contribution in [0.3, 0.4) is 0 Å². The molecule has 0 fully saturated rings. The van der Waals surface area contributed by atoms with Gasteiger partial charge in [-0.15, -0.1) is 24.0 Å². The smallest absolute Gasteiger partial charge is 0.191 e. The van der Waals surface area contributed by atoms with Crippen LogP contribution >= 0.6 is 24.0 Å². The summed E-state index contributed by atoms with van der Waals surface area (Å²) in [7, 11) is 2.18. The summed E-state index contributed by atoms with van der Waals surface area (Å²) in [5.41, 5.74) is 0. The standard InChI is InChI=1S/C19H43N5.HI/c1-7-11-15-23(6)17-14-21-19(20-8-2)22-18(5)13-12-16-24(9-3)10-4;/h18H,7-17H2,1-6H3,(H2,20,21,22);1H. The van der Waals surface area contributed by atoms with Gasteiger partial charge >= 0.3 is 0 Å². The lowest BCUT2D eigenvalue weighted by molar-refractivity contribution is 0.292. The van der Waals surface area contributed by atoms with E-state index in [-0.39, 0.29) is 24.0 Å². The topological polar surface area (TPSA) is 42.9 Å². The number of nitrogens with zero attached hydrogens (tertiary/aromatic N) is 3. The van der Waals surface area contributed by atoms with Gasteiger partial charge in [0.2, 0.25) is 0 Å². The molecule has 2 N–H and O–H groups in total. The lowest BCUT2D eigenvalue weighted by atomic mass is 10.2. The third kappa shape index (κ3) is 15.9. The first kappa shape index (κ1) is 27.1. The lowest BCUT2D eigenvalue weighted by Gasteiger charge is -2.21. The molecule has 0 spiro atoms. The fourth-order valence-corrected chi connectivity index (χ4v) is 2.66. The summed E-state index contributed by atoms with van der Waals surface area (Å²) in [6.07, 6.45) is 4.93. The Hall–Kier alpha value is -0.0800. The Morgan fingerprint density at radius 1 is 1.00 bits per heavy atom. The van der Waals surface area contributed by atoms with Gasteiger partial charge in [0.25, 0.3) is 0 Å². The van der Waals surface area contributed by atoms with Crippen LogP contribution < -0.4 is 10.6 Å². The minimum absolute atomic E-state index is 0. The van der Waals surface area contributed by atoms with E-state index in [2.05, 4.69) is 62.1 Å². The van der Waals surface area contributed by atoms with Crippen LogP contribution in [0.4, 0.5) is 0 Å². The maximum atomic E-state index is 4.72. The first-order valence-corrected chi connectivity index (χ1v) is 10.0. The second kappa shape index (κ2) is 18.7. The number of guanidine groups is 1. The molecule has 0 rings (SSSR count). The van der Waals surface area contributed by atoms with E-state index in [0.29, 0.717) is 6.04 Å². The summed E-state index contributed by atoms with van der Waals surface area (Å²) >= 11 is 0. The zero-order chi connectivity index (χ0) is 18.2. The monoisotopic (exact) mass is 469 g/mol. The van der Waals surface area contributed by atoms with Crippen molar-refractivity contribution in [2.24, 2.45) is 4.99 Å². The average Bonchev–Trinajstić information content (AvgIpc) is 2.57. The van der Waals surface area contributed by atoms with Gasteiger partial charge in [-0.05, 0) is 66.3 Å². The molecule has 1 atom stereocenters. The average molecular weight is 470 g/mol. The molecule has 25 heavy (non-hydrogen) atoms. The van der Waals surface area contributed by atoms with E-state index in [4.69, 9.17) is 4.99 Å². The van der Waals surface area contributed by atoms with Crippen LogP contribution in [0.25, 0.3) is 0 Å². The Bertz CT molecular complexity index is 308. The molecule has 0 aromatic carbocycles. The fraction of sp³-hybridized carbons (Fsp3) is 0.947. The molecular formula is C19H44IN5. The molecule has 0 heterocycles. The van der Waals surface area contributed by atoms with Crippen LogP contribution in [0.15, 0.2) is 4.99 Å². The fourth-order valence-electron chi connectivity index (χ4n) is 2.66. The molecule has 0 saturated carbocycles. The van der Waals surface area contributed by atoms with Crippen LogP contribution in [0.5, 0.6) is 0 Å². The molecule has 0 saturated heterocycles. The Morgan fingerprint density at radius 2 is 1.68 bits per heavy atom. The van der Waals surface area contributed by atoms with Crippen molar-refractivity contribution in [2.75, 3.05) is 52.9 Å². The van der Waals surface area contributed by atoms with Crippen molar-refractivity contribution in [2.45, 2.75) is 66.3 Å². The largest absolute Gasteiger partial charge is 0.357 e. The van der Waals surface area contributed by atoms with Crippen LogP contribution in [-0.2, 0) is 0 Å². The van der Waals surface area contributed by atoms with Gasteiger partial charge in [0, 0.05) is 19.1 Å². The molecule has 0 bridgehead atoms. The Labute approximate surface area is 174 Å². The van der Waals surface area contributed by atoms with Crippen molar-refractivity contribution >= 4 is 29.9 Å². The van der Waals surface area contributed by atoms with Gasteiger partial charge in [0.1, 0.15) is 0 Å². The van der Waals surface area contributed by atoms with Gasteiger partial charge in [-0.2, -0.15) is 0 Å². The van der Waals surface area contributed by atoms with Crippen molar-refractivity contribution < 1.29 is 0 Å². The number of unbranched alkanes of at least 4 members (excludes halogenated alkanes) is 1. The number of halogens is 1. The molecule has 0 aromatic heterocycles. The Morgan fingerprint density at radius 3 is 2.24 bits per heavy atom. The highest BCUT2D eigenvalue weighted by atomic mass is 127. The Balaban J connectivity index is 0. The summed E-state index contributed by atoms with van der Waals surface area (Å²) in [6.45, 7) is 18.5. The highest BCUT2D eigenvalue weighted by Gasteiger charge is 2.06. The number of hydrogen-bond acceptors (Lipinski definition) is 3. The number of nitrogens with one attached hydrogen (secondary N) is 2. The van der Waals surface area contributed by atoms with Gasteiger partial charge < -0.3 is 20.4 Å². The molecule has 5 nitrogen and oxygen atoms in total. The molecule has 0 aromatic rings. The van der Waals surface area contributed by atoms with Crippen LogP contribution in [-0.4, -0.2) is 74.7 Å². The first-order chi connectivity index (χ1) is 11.6. The second-order valence-electron chi connectivity index (χ2n) is 6.63. The second-order valence-corrected chi connectivity index (χ2v) is 6.63. The van der Waals surface area contributed by atoms with Crippen LogP contribution in [0.1, 0.15) is 60.3 Å². The zero-order valence-corrected chi connectivity index (χ0v) is 19.9. The first-order valence-electron chi connectivity index (χ1n) is 10.0. The normalized spacial score (nSPS) is 13.0. The maximum absolute atomic E-state index is 4.72. The molecule has 0 amide bonds. The summed E-state index contributed by atoms with van der Waals surface area (Å²) < 4.78 is 0. The van der Waals surface area contributed by atoms with Crippen molar-refractivity contribution in [1.29, 1.82) is 0 Å². The van der Waals surface area contributed by atoms with E-state index in [1.54, 1.807) is 0 Å². The molecule has 0 aliphatic rings. The van der Waals surface area contributed by atoms with E-state index in [9.17, 15) is 0 Å². The zero-order valence-electron chi connectivity index (χ0n) is 17.6. The predicted octanol–water partition coefficient (Wildman–Crippen LogP) is 3.40. The molecular weight excluding hydrogens is 425 g/mol. The molecule has 152 valence electrons. The van der Waals surface area contributed by atoms with Crippen molar-refractivity contribution in [3.63, 3.8) is 0 Å².